The minimum absolute atomic E-state index is 0.257. The van der Waals surface area contributed by atoms with Gasteiger partial charge in [0, 0.05) is 9.75 Å². The van der Waals surface area contributed by atoms with Crippen molar-refractivity contribution in [3.63, 3.8) is 0 Å². The first-order chi connectivity index (χ1) is 8.11. The topological polar surface area (TPSA) is 12.0 Å². The first kappa shape index (κ1) is 13.6. The third-order valence-electron chi connectivity index (χ3n) is 2.45. The van der Waals surface area contributed by atoms with E-state index in [9.17, 15) is 0 Å². The lowest BCUT2D eigenvalue weighted by Gasteiger charge is -2.14. The molecule has 0 saturated carbocycles. The Morgan fingerprint density at radius 1 is 1.35 bits per heavy atom. The number of thiophene rings is 2. The Labute approximate surface area is 123 Å². The van der Waals surface area contributed by atoms with Crippen LogP contribution in [-0.2, 0) is 0 Å². The van der Waals surface area contributed by atoms with Crippen LogP contribution in [0, 0.1) is 6.92 Å². The Morgan fingerprint density at radius 3 is 2.59 bits per heavy atom. The third kappa shape index (κ3) is 3.12. The largest absolute Gasteiger partial charge is 0.305 e. The van der Waals surface area contributed by atoms with E-state index in [1.54, 1.807) is 22.7 Å². The molecule has 1 unspecified atom stereocenters. The molecule has 1 N–H and O–H groups in total. The van der Waals surface area contributed by atoms with Crippen LogP contribution in [0.4, 0.5) is 0 Å². The van der Waals surface area contributed by atoms with Crippen LogP contribution in [-0.4, -0.2) is 6.54 Å². The summed E-state index contributed by atoms with van der Waals surface area (Å²) in [5, 5.41) is 3.51. The molecule has 0 aliphatic rings. The smallest absolute Gasteiger partial charge is 0.0961 e. The van der Waals surface area contributed by atoms with Crippen LogP contribution in [0.5, 0.6) is 0 Å². The van der Waals surface area contributed by atoms with E-state index < -0.39 is 0 Å². The highest BCUT2D eigenvalue weighted by Crippen LogP contribution is 2.37. The molecule has 2 aromatic heterocycles. The molecule has 0 aliphatic carbocycles. The molecule has 0 bridgehead atoms. The average Bonchev–Trinajstić information content (AvgIpc) is 2.83. The Bertz CT molecular complexity index is 487. The van der Waals surface area contributed by atoms with Gasteiger partial charge < -0.3 is 5.32 Å². The van der Waals surface area contributed by atoms with Crippen LogP contribution in [0.2, 0.25) is 4.34 Å². The number of aryl methyl sites for hydroxylation is 1. The van der Waals surface area contributed by atoms with Crippen molar-refractivity contribution >= 4 is 50.2 Å². The predicted molar refractivity (Wildman–Crippen MR) is 81.6 cm³/mol. The molecule has 0 spiro atoms. The molecule has 17 heavy (non-hydrogen) atoms. The van der Waals surface area contributed by atoms with Crippen molar-refractivity contribution in [3.8, 4) is 0 Å². The van der Waals surface area contributed by atoms with Crippen LogP contribution < -0.4 is 5.32 Å². The summed E-state index contributed by atoms with van der Waals surface area (Å²) >= 11 is 13.1. The molecule has 1 nitrogen and oxygen atoms in total. The van der Waals surface area contributed by atoms with Gasteiger partial charge in [-0.1, -0.05) is 18.5 Å². The molecule has 0 aromatic carbocycles. The fourth-order valence-corrected chi connectivity index (χ4v) is 4.56. The van der Waals surface area contributed by atoms with Crippen molar-refractivity contribution < 1.29 is 0 Å². The van der Waals surface area contributed by atoms with Crippen LogP contribution >= 0.6 is 50.2 Å². The Kier molecular flexibility index (Phi) is 4.66. The summed E-state index contributed by atoms with van der Waals surface area (Å²) in [6, 6.07) is 6.68. The molecule has 5 heteroatoms. The number of rotatable bonds is 4. The van der Waals surface area contributed by atoms with Crippen molar-refractivity contribution in [1.29, 1.82) is 0 Å². The van der Waals surface area contributed by atoms with Crippen molar-refractivity contribution in [2.75, 3.05) is 6.54 Å². The monoisotopic (exact) mass is 349 g/mol. The summed E-state index contributed by atoms with van der Waals surface area (Å²) in [4.78, 5) is 2.60. The molecular formula is C12H13BrClNS2. The van der Waals surface area contributed by atoms with Crippen molar-refractivity contribution in [1.82, 2.24) is 5.32 Å². The van der Waals surface area contributed by atoms with Crippen LogP contribution in [0.1, 0.15) is 28.3 Å². The van der Waals surface area contributed by atoms with E-state index in [-0.39, 0.29) is 6.04 Å². The van der Waals surface area contributed by atoms with Gasteiger partial charge in [-0.15, -0.1) is 22.7 Å². The molecule has 2 rings (SSSR count). The maximum absolute atomic E-state index is 6.15. The number of halogens is 2. The Balaban J connectivity index is 2.34. The van der Waals surface area contributed by atoms with Gasteiger partial charge in [-0.25, -0.2) is 0 Å². The third-order valence-corrected chi connectivity index (χ3v) is 5.76. The summed E-state index contributed by atoms with van der Waals surface area (Å²) in [5.41, 5.74) is 1.16. The van der Waals surface area contributed by atoms with Gasteiger partial charge in [0.2, 0.25) is 0 Å². The predicted octanol–water partition coefficient (Wildman–Crippen LogP) is 5.23. The number of hydrogen-bond donors (Lipinski definition) is 1. The highest BCUT2D eigenvalue weighted by Gasteiger charge is 2.18. The summed E-state index contributed by atoms with van der Waals surface area (Å²) < 4.78 is 2.05. The first-order valence-corrected chi connectivity index (χ1v) is 8.16. The number of nitrogens with one attached hydrogen (secondary N) is 1. The maximum Gasteiger partial charge on any atom is 0.0961 e. The lowest BCUT2D eigenvalue weighted by molar-refractivity contribution is 0.648. The minimum atomic E-state index is 0.257. The lowest BCUT2D eigenvalue weighted by atomic mass is 10.2. The molecule has 0 amide bonds. The minimum Gasteiger partial charge on any atom is -0.305 e. The van der Waals surface area contributed by atoms with Gasteiger partial charge in [0.1, 0.15) is 0 Å². The lowest BCUT2D eigenvalue weighted by Crippen LogP contribution is -2.20. The molecule has 0 saturated heterocycles. The highest BCUT2D eigenvalue weighted by atomic mass is 79.9. The standard InChI is InChI=1S/C12H13BrClNS2/c1-3-15-11(8-4-5-10(13)16-8)9-6-7(2)12(14)17-9/h4-6,11,15H,3H2,1-2H3. The average molecular weight is 351 g/mol. The second-order valence-electron chi connectivity index (χ2n) is 3.74. The Morgan fingerprint density at radius 2 is 2.12 bits per heavy atom. The van der Waals surface area contributed by atoms with Crippen molar-refractivity contribution in [3.05, 3.63) is 41.6 Å². The quantitative estimate of drug-likeness (QED) is 0.796. The molecule has 0 radical (unpaired) electrons. The van der Waals surface area contributed by atoms with Crippen molar-refractivity contribution in [2.24, 2.45) is 0 Å². The zero-order valence-electron chi connectivity index (χ0n) is 9.59. The molecule has 2 heterocycles. The van der Waals surface area contributed by atoms with Crippen LogP contribution in [0.15, 0.2) is 22.0 Å². The summed E-state index contributed by atoms with van der Waals surface area (Å²) in [5.74, 6) is 0. The molecular weight excluding hydrogens is 338 g/mol. The van der Waals surface area contributed by atoms with Gasteiger partial charge in [-0.3, -0.25) is 0 Å². The van der Waals surface area contributed by atoms with E-state index in [0.29, 0.717) is 0 Å². The normalized spacial score (nSPS) is 12.9. The van der Waals surface area contributed by atoms with E-state index in [2.05, 4.69) is 53.3 Å². The van der Waals surface area contributed by atoms with Crippen molar-refractivity contribution in [2.45, 2.75) is 19.9 Å². The first-order valence-electron chi connectivity index (χ1n) is 5.36. The van der Waals surface area contributed by atoms with Gasteiger partial charge in [0.05, 0.1) is 14.2 Å². The molecule has 92 valence electrons. The molecule has 0 fully saturated rings. The van der Waals surface area contributed by atoms with Gasteiger partial charge in [-0.05, 0) is 53.2 Å². The molecule has 1 atom stereocenters. The summed E-state index contributed by atoms with van der Waals surface area (Å²) in [7, 11) is 0. The van der Waals surface area contributed by atoms with E-state index in [0.717, 1.165) is 20.2 Å². The van der Waals surface area contributed by atoms with E-state index in [1.807, 2.05) is 0 Å². The van der Waals surface area contributed by atoms with Gasteiger partial charge >= 0.3 is 0 Å². The number of hydrogen-bond acceptors (Lipinski definition) is 3. The fourth-order valence-electron chi connectivity index (χ4n) is 1.65. The molecule has 0 aliphatic heterocycles. The maximum atomic E-state index is 6.15. The van der Waals surface area contributed by atoms with Crippen LogP contribution in [0.25, 0.3) is 0 Å². The second kappa shape index (κ2) is 5.85. The summed E-state index contributed by atoms with van der Waals surface area (Å²) in [6.07, 6.45) is 0. The van der Waals surface area contributed by atoms with Gasteiger partial charge in [0.25, 0.3) is 0 Å². The zero-order valence-corrected chi connectivity index (χ0v) is 13.6. The fraction of sp³-hybridized carbons (Fsp3) is 0.333. The van der Waals surface area contributed by atoms with Gasteiger partial charge in [0.15, 0.2) is 0 Å². The zero-order chi connectivity index (χ0) is 12.4. The molecule has 2 aromatic rings. The highest BCUT2D eigenvalue weighted by molar-refractivity contribution is 9.11. The second-order valence-corrected chi connectivity index (χ2v) is 7.92. The van der Waals surface area contributed by atoms with E-state index in [1.165, 1.54) is 9.75 Å². The van der Waals surface area contributed by atoms with E-state index in [4.69, 9.17) is 11.6 Å². The summed E-state index contributed by atoms with van der Waals surface area (Å²) in [6.45, 7) is 5.11. The van der Waals surface area contributed by atoms with E-state index >= 15 is 0 Å². The van der Waals surface area contributed by atoms with Gasteiger partial charge in [-0.2, -0.15) is 0 Å². The Hall–Kier alpha value is 0.130. The van der Waals surface area contributed by atoms with Crippen LogP contribution in [0.3, 0.4) is 0 Å². The SMILES string of the molecule is CCNC(c1ccc(Br)s1)c1cc(C)c(Cl)s1.